The molecule has 20 heteroatoms. The van der Waals surface area contributed by atoms with Gasteiger partial charge in [0.15, 0.2) is 6.10 Å². The van der Waals surface area contributed by atoms with E-state index in [1.165, 1.54) is 13.2 Å². The van der Waals surface area contributed by atoms with Crippen LogP contribution in [0.2, 0.25) is 5.02 Å². The molecule has 2 aliphatic heterocycles. The van der Waals surface area contributed by atoms with Crippen molar-refractivity contribution in [3.63, 3.8) is 0 Å². The van der Waals surface area contributed by atoms with Crippen LogP contribution >= 0.6 is 11.6 Å². The Labute approximate surface area is 408 Å². The van der Waals surface area contributed by atoms with Gasteiger partial charge in [-0.2, -0.15) is 0 Å². The molecule has 0 spiro atoms. The number of carbonyl (C=O) groups excluding carboxylic acids is 5. The molecule has 19 nitrogen and oxygen atoms in total. The highest BCUT2D eigenvalue weighted by atomic mass is 35.5. The maximum Gasteiger partial charge on any atom is 0.407 e. The van der Waals surface area contributed by atoms with Crippen LogP contribution in [0.5, 0.6) is 5.75 Å². The van der Waals surface area contributed by atoms with Gasteiger partial charge in [0.2, 0.25) is 11.8 Å². The molecule has 2 aliphatic rings. The fourth-order valence-corrected chi connectivity index (χ4v) is 7.25. The molecule has 3 amide bonds. The number of carboxylic acid groups (broad SMARTS) is 1. The van der Waals surface area contributed by atoms with Crippen LogP contribution < -0.4 is 20.7 Å². The Morgan fingerprint density at radius 1 is 0.884 bits per heavy atom. The van der Waals surface area contributed by atoms with E-state index in [4.69, 9.17) is 59.3 Å². The average molecular weight is 991 g/mol. The minimum atomic E-state index is -1.26. The molecular formula is C49H68ClN3O16. The van der Waals surface area contributed by atoms with Gasteiger partial charge in [-0.15, -0.1) is 0 Å². The molecule has 4 N–H and O–H groups in total. The van der Waals surface area contributed by atoms with E-state index in [0.29, 0.717) is 56.0 Å². The summed E-state index contributed by atoms with van der Waals surface area (Å²) in [6, 6.07) is 11.4. The molecule has 2 aromatic rings. The third-order valence-electron chi connectivity index (χ3n) is 11.0. The maximum absolute atomic E-state index is 13.8. The van der Waals surface area contributed by atoms with Crippen LogP contribution in [0.3, 0.4) is 0 Å². The SMILES string of the molecule is COc1ccc(C[C@H]2NC(=O)/C=C/C[C@@H](C(C)[C@@H]3O[C@H]3c3ccc(COC(=O)NCCOCCOCCOCCOCCC(=O)O)cc3)OC(=O)[C@H](CC(C)C)OC(=O)C(C)(C)CNC2=O)cc1Cl. The molecule has 1 unspecified atom stereocenters. The van der Waals surface area contributed by atoms with Gasteiger partial charge in [-0.3, -0.25) is 19.2 Å². The lowest BCUT2D eigenvalue weighted by molar-refractivity contribution is -0.179. The molecule has 2 aromatic carbocycles. The van der Waals surface area contributed by atoms with Gasteiger partial charge in [-0.05, 0) is 61.1 Å². The normalized spacial score (nSPS) is 21.8. The molecule has 0 bridgehead atoms. The summed E-state index contributed by atoms with van der Waals surface area (Å²) in [7, 11) is 1.49. The first-order valence-electron chi connectivity index (χ1n) is 23.1. The lowest BCUT2D eigenvalue weighted by atomic mass is 9.92. The number of benzene rings is 2. The van der Waals surface area contributed by atoms with Gasteiger partial charge in [0.05, 0.1) is 82.9 Å². The zero-order chi connectivity index (χ0) is 50.3. The maximum atomic E-state index is 13.8. The summed E-state index contributed by atoms with van der Waals surface area (Å²) in [6.45, 7) is 11.5. The van der Waals surface area contributed by atoms with Gasteiger partial charge in [-0.25, -0.2) is 9.59 Å². The minimum absolute atomic E-state index is 0.0290. The molecule has 382 valence electrons. The quantitative estimate of drug-likeness (QED) is 0.0448. The molecule has 0 aromatic heterocycles. The Hall–Kier alpha value is -5.31. The lowest BCUT2D eigenvalue weighted by Gasteiger charge is -2.29. The van der Waals surface area contributed by atoms with Crippen LogP contribution in [0.4, 0.5) is 4.79 Å². The Morgan fingerprint density at radius 3 is 2.14 bits per heavy atom. The fourth-order valence-electron chi connectivity index (χ4n) is 6.97. The first-order chi connectivity index (χ1) is 33.0. The predicted octanol–water partition coefficient (Wildman–Crippen LogP) is 4.89. The number of esters is 2. The van der Waals surface area contributed by atoms with Crippen LogP contribution in [0.1, 0.15) is 76.7 Å². The third kappa shape index (κ3) is 20.3. The van der Waals surface area contributed by atoms with E-state index in [1.807, 2.05) is 45.0 Å². The van der Waals surface area contributed by atoms with Crippen LogP contribution in [0.25, 0.3) is 0 Å². The van der Waals surface area contributed by atoms with Crippen molar-refractivity contribution in [3.8, 4) is 5.75 Å². The van der Waals surface area contributed by atoms with Crippen molar-refractivity contribution >= 4 is 47.4 Å². The van der Waals surface area contributed by atoms with Crippen LogP contribution in [-0.2, 0) is 74.9 Å². The number of hydrogen-bond donors (Lipinski definition) is 4. The fraction of sp³-hybridized carbons (Fsp3) is 0.592. The van der Waals surface area contributed by atoms with E-state index >= 15 is 0 Å². The summed E-state index contributed by atoms with van der Waals surface area (Å²) in [5.74, 6) is -3.39. The second-order valence-corrected chi connectivity index (χ2v) is 18.1. The first-order valence-corrected chi connectivity index (χ1v) is 23.5. The molecule has 0 radical (unpaired) electrons. The van der Waals surface area contributed by atoms with Crippen LogP contribution in [0.15, 0.2) is 54.6 Å². The number of alkyl carbamates (subject to hydrolysis) is 1. The number of methoxy groups -OCH3 is 1. The van der Waals surface area contributed by atoms with Crippen molar-refractivity contribution in [3.05, 3.63) is 76.3 Å². The number of halogens is 1. The Balaban J connectivity index is 1.29. The molecule has 0 aliphatic carbocycles. The molecule has 69 heavy (non-hydrogen) atoms. The van der Waals surface area contributed by atoms with Gasteiger partial charge >= 0.3 is 24.0 Å². The minimum Gasteiger partial charge on any atom is -0.495 e. The number of carbonyl (C=O) groups is 6. The summed E-state index contributed by atoms with van der Waals surface area (Å²) in [5.41, 5.74) is 1.02. The molecule has 2 heterocycles. The van der Waals surface area contributed by atoms with Crippen LogP contribution in [-0.4, -0.2) is 138 Å². The average Bonchev–Trinajstić information content (AvgIpc) is 4.11. The van der Waals surface area contributed by atoms with Crippen molar-refractivity contribution in [2.24, 2.45) is 17.3 Å². The van der Waals surface area contributed by atoms with E-state index in [9.17, 15) is 28.8 Å². The number of rotatable bonds is 25. The summed E-state index contributed by atoms with van der Waals surface area (Å²) in [6.07, 6.45) is -0.0988. The van der Waals surface area contributed by atoms with Crippen molar-refractivity contribution in [1.82, 2.24) is 16.0 Å². The molecule has 6 atom stereocenters. The van der Waals surface area contributed by atoms with Gasteiger partial charge in [0, 0.05) is 31.8 Å². The predicted molar refractivity (Wildman–Crippen MR) is 250 cm³/mol. The zero-order valence-corrected chi connectivity index (χ0v) is 41.0. The van der Waals surface area contributed by atoms with Gasteiger partial charge in [0.25, 0.3) is 0 Å². The van der Waals surface area contributed by atoms with E-state index in [-0.39, 0.29) is 82.6 Å². The highest BCUT2D eigenvalue weighted by Gasteiger charge is 2.48. The van der Waals surface area contributed by atoms with Gasteiger partial charge in [0.1, 0.15) is 30.6 Å². The van der Waals surface area contributed by atoms with Crippen LogP contribution in [0, 0.1) is 17.3 Å². The molecule has 4 rings (SSSR count). The zero-order valence-electron chi connectivity index (χ0n) is 40.3. The monoisotopic (exact) mass is 989 g/mol. The highest BCUT2D eigenvalue weighted by molar-refractivity contribution is 6.32. The summed E-state index contributed by atoms with van der Waals surface area (Å²) in [5, 5.41) is 17.1. The Bertz CT molecular complexity index is 2010. The second-order valence-electron chi connectivity index (χ2n) is 17.7. The molecular weight excluding hydrogens is 922 g/mol. The molecule has 1 saturated heterocycles. The van der Waals surface area contributed by atoms with Gasteiger partial charge < -0.3 is 63.7 Å². The number of carboxylic acids is 1. The number of ether oxygens (including phenoxy) is 9. The smallest absolute Gasteiger partial charge is 0.407 e. The van der Waals surface area contributed by atoms with E-state index in [2.05, 4.69) is 16.0 Å². The number of aliphatic carboxylic acids is 1. The Kier molecular flexibility index (Phi) is 23.7. The standard InChI is InChI=1S/C49H68ClN3O16/c1-31(2)26-40-46(58)67-38(8-7-9-41(54)53-37(28-34-12-15-39(61-6)36(50)27-34)45(57)52-30-49(4,5)47(59)68-40)32(3)43-44(69-43)35-13-10-33(11-14-35)29-66-48(60)51-17-19-63-21-23-65-25-24-64-22-20-62-18-16-42(55)56/h7,9-15,27,31-32,37-38,40,43-44H,8,16-26,28-30H2,1-6H3,(H,51,60)(H,52,57)(H,53,54)(H,55,56)/b9-7+/t32?,37-,38+,40+,43+,44+/m1/s1. The van der Waals surface area contributed by atoms with Crippen molar-refractivity contribution < 1.29 is 76.5 Å². The number of cyclic esters (lactones) is 2. The van der Waals surface area contributed by atoms with E-state index in [0.717, 1.165) is 11.1 Å². The van der Waals surface area contributed by atoms with E-state index < -0.39 is 59.5 Å². The van der Waals surface area contributed by atoms with Gasteiger partial charge in [-0.1, -0.05) is 68.8 Å². The summed E-state index contributed by atoms with van der Waals surface area (Å²) < 4.78 is 50.0. The molecule has 0 saturated carbocycles. The number of amides is 3. The number of epoxide rings is 1. The first kappa shape index (κ1) is 56.3. The Morgan fingerprint density at radius 2 is 1.52 bits per heavy atom. The lowest BCUT2D eigenvalue weighted by Crippen LogP contribution is -2.51. The summed E-state index contributed by atoms with van der Waals surface area (Å²) >= 11 is 6.36. The van der Waals surface area contributed by atoms with E-state index in [1.54, 1.807) is 38.1 Å². The second kappa shape index (κ2) is 29.0. The van der Waals surface area contributed by atoms with Crippen molar-refractivity contribution in [2.45, 2.75) is 97.4 Å². The third-order valence-corrected chi connectivity index (χ3v) is 11.3. The number of hydrogen-bond acceptors (Lipinski definition) is 15. The topological polar surface area (TPSA) is 245 Å². The number of nitrogens with one attached hydrogen (secondary N) is 3. The van der Waals surface area contributed by atoms with Crippen molar-refractivity contribution in [2.75, 3.05) is 73.1 Å². The molecule has 1 fully saturated rings. The largest absolute Gasteiger partial charge is 0.495 e. The van der Waals surface area contributed by atoms with Crippen molar-refractivity contribution in [1.29, 1.82) is 0 Å². The summed E-state index contributed by atoms with van der Waals surface area (Å²) in [4.78, 5) is 77.1. The highest BCUT2D eigenvalue weighted by Crippen LogP contribution is 2.45.